The molecule has 1 N–H and O–H groups in total. The van der Waals surface area contributed by atoms with Gasteiger partial charge < -0.3 is 5.11 Å². The van der Waals surface area contributed by atoms with Gasteiger partial charge in [-0.1, -0.05) is 18.2 Å². The fraction of sp³-hybridized carbons (Fsp3) is 0.0714. The first-order valence-corrected chi connectivity index (χ1v) is 5.32. The molecule has 18 heavy (non-hydrogen) atoms. The number of carboxylic acids is 1. The Morgan fingerprint density at radius 3 is 2.22 bits per heavy atom. The van der Waals surface area contributed by atoms with Gasteiger partial charge in [-0.3, -0.25) is 4.79 Å². The van der Waals surface area contributed by atoms with Crippen molar-refractivity contribution >= 4 is 5.97 Å². The van der Waals surface area contributed by atoms with Crippen LogP contribution in [0.5, 0.6) is 0 Å². The number of aliphatic carboxylic acids is 1. The molecule has 0 saturated carbocycles. The molecule has 0 aliphatic rings. The van der Waals surface area contributed by atoms with Crippen molar-refractivity contribution in [3.05, 3.63) is 59.7 Å². The molecule has 4 heteroatoms. The van der Waals surface area contributed by atoms with E-state index in [0.29, 0.717) is 16.7 Å². The van der Waals surface area contributed by atoms with Crippen molar-refractivity contribution in [2.45, 2.75) is 6.42 Å². The van der Waals surface area contributed by atoms with Crippen LogP contribution in [-0.2, 0) is 11.2 Å². The third-order valence-corrected chi connectivity index (χ3v) is 2.49. The van der Waals surface area contributed by atoms with E-state index in [0.717, 1.165) is 0 Å². The van der Waals surface area contributed by atoms with Gasteiger partial charge in [0.05, 0.1) is 6.42 Å². The number of hydrogen-bond acceptors (Lipinski definition) is 1. The van der Waals surface area contributed by atoms with Crippen LogP contribution in [0.1, 0.15) is 5.56 Å². The maximum absolute atomic E-state index is 13.4. The topological polar surface area (TPSA) is 37.3 Å². The second-order valence-electron chi connectivity index (χ2n) is 3.93. The molecular formula is C14H10F2O2. The van der Waals surface area contributed by atoms with Crippen molar-refractivity contribution in [3.63, 3.8) is 0 Å². The third kappa shape index (κ3) is 2.91. The summed E-state index contributed by atoms with van der Waals surface area (Å²) in [6.07, 6.45) is -0.244. The lowest BCUT2D eigenvalue weighted by atomic mass is 10.0. The standard InChI is InChI=1S/C14H10F2O2/c15-12-3-1-10(2-4-12)11-5-9(7-14(17)18)6-13(16)8-11/h1-6,8H,7H2,(H,17,18). The number of carbonyl (C=O) groups is 1. The Hall–Kier alpha value is -2.23. The fourth-order valence-electron chi connectivity index (χ4n) is 1.74. The smallest absolute Gasteiger partial charge is 0.307 e. The summed E-state index contributed by atoms with van der Waals surface area (Å²) in [5.41, 5.74) is 1.55. The number of carboxylic acid groups (broad SMARTS) is 1. The van der Waals surface area contributed by atoms with Crippen LogP contribution in [0, 0.1) is 11.6 Å². The highest BCUT2D eigenvalue weighted by molar-refractivity contribution is 5.72. The fourth-order valence-corrected chi connectivity index (χ4v) is 1.74. The van der Waals surface area contributed by atoms with Crippen LogP contribution in [0.25, 0.3) is 11.1 Å². The van der Waals surface area contributed by atoms with Crippen LogP contribution < -0.4 is 0 Å². The lowest BCUT2D eigenvalue weighted by Crippen LogP contribution is -2.00. The molecule has 2 aromatic carbocycles. The molecule has 0 saturated heterocycles. The summed E-state index contributed by atoms with van der Waals surface area (Å²) in [6, 6.07) is 9.65. The second kappa shape index (κ2) is 4.96. The molecule has 2 nitrogen and oxygen atoms in total. The zero-order valence-electron chi connectivity index (χ0n) is 9.36. The second-order valence-corrected chi connectivity index (χ2v) is 3.93. The Morgan fingerprint density at radius 1 is 0.944 bits per heavy atom. The van der Waals surface area contributed by atoms with Gasteiger partial charge in [0.25, 0.3) is 0 Å². The van der Waals surface area contributed by atoms with Gasteiger partial charge >= 0.3 is 5.97 Å². The largest absolute Gasteiger partial charge is 0.481 e. The van der Waals surface area contributed by atoms with E-state index in [9.17, 15) is 13.6 Å². The van der Waals surface area contributed by atoms with E-state index in [-0.39, 0.29) is 12.2 Å². The monoisotopic (exact) mass is 248 g/mol. The van der Waals surface area contributed by atoms with Gasteiger partial charge in [0.1, 0.15) is 11.6 Å². The van der Waals surface area contributed by atoms with E-state index in [2.05, 4.69) is 0 Å². The van der Waals surface area contributed by atoms with Gasteiger partial charge in [-0.05, 0) is 41.0 Å². The van der Waals surface area contributed by atoms with Crippen LogP contribution >= 0.6 is 0 Å². The predicted molar refractivity (Wildman–Crippen MR) is 63.1 cm³/mol. The van der Waals surface area contributed by atoms with Gasteiger partial charge in [0.2, 0.25) is 0 Å². The zero-order chi connectivity index (χ0) is 13.1. The van der Waals surface area contributed by atoms with E-state index in [1.165, 1.54) is 36.4 Å². The van der Waals surface area contributed by atoms with Crippen molar-refractivity contribution in [2.75, 3.05) is 0 Å². The molecule has 0 aliphatic heterocycles. The van der Waals surface area contributed by atoms with Crippen molar-refractivity contribution < 1.29 is 18.7 Å². The van der Waals surface area contributed by atoms with Crippen LogP contribution in [0.3, 0.4) is 0 Å². The molecule has 2 rings (SSSR count). The third-order valence-electron chi connectivity index (χ3n) is 2.49. The highest BCUT2D eigenvalue weighted by atomic mass is 19.1. The summed E-state index contributed by atoms with van der Waals surface area (Å²) in [5, 5.41) is 8.68. The van der Waals surface area contributed by atoms with Gasteiger partial charge in [-0.2, -0.15) is 0 Å². The SMILES string of the molecule is O=C(O)Cc1cc(F)cc(-c2ccc(F)cc2)c1. The average molecular weight is 248 g/mol. The lowest BCUT2D eigenvalue weighted by Gasteiger charge is -2.05. The Kier molecular flexibility index (Phi) is 3.37. The Labute approximate surface area is 103 Å². The molecule has 0 heterocycles. The van der Waals surface area contributed by atoms with Gasteiger partial charge in [0.15, 0.2) is 0 Å². The van der Waals surface area contributed by atoms with E-state index < -0.39 is 11.8 Å². The number of rotatable bonds is 3. The van der Waals surface area contributed by atoms with Crippen LogP contribution in [0.15, 0.2) is 42.5 Å². The van der Waals surface area contributed by atoms with E-state index in [1.54, 1.807) is 6.07 Å². The molecule has 0 aromatic heterocycles. The summed E-state index contributed by atoms with van der Waals surface area (Å²) >= 11 is 0. The minimum atomic E-state index is -1.02. The zero-order valence-corrected chi connectivity index (χ0v) is 9.36. The van der Waals surface area contributed by atoms with Crippen molar-refractivity contribution in [2.24, 2.45) is 0 Å². The summed E-state index contributed by atoms with van der Waals surface area (Å²) in [7, 11) is 0. The highest BCUT2D eigenvalue weighted by Crippen LogP contribution is 2.22. The lowest BCUT2D eigenvalue weighted by molar-refractivity contribution is -0.136. The van der Waals surface area contributed by atoms with Crippen LogP contribution in [0.2, 0.25) is 0 Å². The Balaban J connectivity index is 2.41. The Bertz CT molecular complexity index is 577. The molecule has 0 bridgehead atoms. The first kappa shape index (κ1) is 12.2. The molecular weight excluding hydrogens is 238 g/mol. The highest BCUT2D eigenvalue weighted by Gasteiger charge is 2.06. The predicted octanol–water partition coefficient (Wildman–Crippen LogP) is 3.26. The normalized spacial score (nSPS) is 10.3. The summed E-state index contributed by atoms with van der Waals surface area (Å²) in [5.74, 6) is -1.90. The maximum Gasteiger partial charge on any atom is 0.307 e. The number of halogens is 2. The molecule has 0 fully saturated rings. The quantitative estimate of drug-likeness (QED) is 0.905. The molecule has 0 spiro atoms. The number of benzene rings is 2. The molecule has 0 unspecified atom stereocenters. The molecule has 2 aromatic rings. The molecule has 0 aliphatic carbocycles. The summed E-state index contributed by atoms with van der Waals surface area (Å²) in [6.45, 7) is 0. The molecule has 92 valence electrons. The van der Waals surface area contributed by atoms with Crippen LogP contribution in [-0.4, -0.2) is 11.1 Å². The first-order valence-electron chi connectivity index (χ1n) is 5.32. The minimum Gasteiger partial charge on any atom is -0.481 e. The average Bonchev–Trinajstić information content (AvgIpc) is 2.28. The number of hydrogen-bond donors (Lipinski definition) is 1. The molecule has 0 radical (unpaired) electrons. The Morgan fingerprint density at radius 2 is 1.61 bits per heavy atom. The summed E-state index contributed by atoms with van der Waals surface area (Å²) < 4.78 is 26.2. The van der Waals surface area contributed by atoms with E-state index >= 15 is 0 Å². The van der Waals surface area contributed by atoms with Crippen LogP contribution in [0.4, 0.5) is 8.78 Å². The van der Waals surface area contributed by atoms with E-state index in [4.69, 9.17) is 5.11 Å². The summed E-state index contributed by atoms with van der Waals surface area (Å²) in [4.78, 5) is 10.6. The molecule has 0 amide bonds. The minimum absolute atomic E-state index is 0.244. The van der Waals surface area contributed by atoms with Gasteiger partial charge in [-0.15, -0.1) is 0 Å². The first-order chi connectivity index (χ1) is 8.54. The van der Waals surface area contributed by atoms with Crippen molar-refractivity contribution in [1.82, 2.24) is 0 Å². The van der Waals surface area contributed by atoms with Gasteiger partial charge in [0, 0.05) is 0 Å². The van der Waals surface area contributed by atoms with Gasteiger partial charge in [-0.25, -0.2) is 8.78 Å². The molecule has 0 atom stereocenters. The van der Waals surface area contributed by atoms with E-state index in [1.807, 2.05) is 0 Å². The maximum atomic E-state index is 13.4. The van der Waals surface area contributed by atoms with Crippen molar-refractivity contribution in [1.29, 1.82) is 0 Å². The van der Waals surface area contributed by atoms with Crippen molar-refractivity contribution in [3.8, 4) is 11.1 Å².